The van der Waals surface area contributed by atoms with E-state index in [0.29, 0.717) is 11.1 Å². The van der Waals surface area contributed by atoms with E-state index in [2.05, 4.69) is 20.2 Å². The smallest absolute Gasteiger partial charge is 0.253 e. The number of nitrogens with one attached hydrogen (secondary N) is 2. The third-order valence-corrected chi connectivity index (χ3v) is 6.05. The van der Waals surface area contributed by atoms with Crippen LogP contribution in [0.15, 0.2) is 47.4 Å². The number of carbonyl (C=O) groups excluding carboxylic acids is 1. The summed E-state index contributed by atoms with van der Waals surface area (Å²) in [5.74, 6) is -0.203. The number of carbonyl (C=O) groups is 1. The van der Waals surface area contributed by atoms with Gasteiger partial charge in [0.25, 0.3) is 11.5 Å². The molecule has 0 radical (unpaired) electrons. The number of benzene rings is 1. The second kappa shape index (κ2) is 10.1. The lowest BCUT2D eigenvalue weighted by Crippen LogP contribution is -2.35. The Hall–Kier alpha value is -3.29. The molecule has 2 aromatic heterocycles. The molecule has 33 heavy (non-hydrogen) atoms. The van der Waals surface area contributed by atoms with Crippen LogP contribution in [-0.2, 0) is 17.8 Å². The highest BCUT2D eigenvalue weighted by atomic mass is 16.5. The van der Waals surface area contributed by atoms with Crippen molar-refractivity contribution in [3.8, 4) is 11.1 Å². The molecule has 7 nitrogen and oxygen atoms in total. The molecule has 0 aliphatic carbocycles. The lowest BCUT2D eigenvalue weighted by molar-refractivity contribution is 0.0336. The molecule has 7 heteroatoms. The van der Waals surface area contributed by atoms with Crippen LogP contribution in [0.1, 0.15) is 38.4 Å². The van der Waals surface area contributed by atoms with E-state index in [1.165, 1.54) is 0 Å². The molecule has 4 rings (SSSR count). The molecule has 1 amide bonds. The molecule has 1 saturated heterocycles. The van der Waals surface area contributed by atoms with Crippen molar-refractivity contribution in [1.82, 2.24) is 20.2 Å². The summed E-state index contributed by atoms with van der Waals surface area (Å²) in [4.78, 5) is 34.9. The molecule has 0 bridgehead atoms. The highest BCUT2D eigenvalue weighted by Gasteiger charge is 2.14. The zero-order chi connectivity index (χ0) is 23.4. The minimum Gasteiger partial charge on any atom is -0.379 e. The number of ether oxygens (including phenoxy) is 1. The van der Waals surface area contributed by atoms with E-state index >= 15 is 0 Å². The van der Waals surface area contributed by atoms with E-state index in [1.54, 1.807) is 0 Å². The quantitative estimate of drug-likeness (QED) is 0.608. The fourth-order valence-corrected chi connectivity index (χ4v) is 4.09. The first-order valence-corrected chi connectivity index (χ1v) is 11.2. The van der Waals surface area contributed by atoms with E-state index in [-0.39, 0.29) is 18.0 Å². The Morgan fingerprint density at radius 3 is 2.52 bits per heavy atom. The lowest BCUT2D eigenvalue weighted by Gasteiger charge is -2.26. The van der Waals surface area contributed by atoms with Gasteiger partial charge in [-0.15, -0.1) is 0 Å². The molecule has 172 valence electrons. The minimum atomic E-state index is -0.203. The Bertz CT molecular complexity index is 1200. The van der Waals surface area contributed by atoms with Gasteiger partial charge in [0, 0.05) is 54.8 Å². The van der Waals surface area contributed by atoms with Gasteiger partial charge >= 0.3 is 0 Å². The number of hydrogen-bond donors (Lipinski definition) is 2. The number of morpholine rings is 1. The van der Waals surface area contributed by atoms with Gasteiger partial charge in [0.05, 0.1) is 18.9 Å². The molecule has 3 heterocycles. The van der Waals surface area contributed by atoms with Crippen molar-refractivity contribution in [3.05, 3.63) is 86.6 Å². The molecule has 1 aliphatic rings. The number of aryl methyl sites for hydroxylation is 3. The highest BCUT2D eigenvalue weighted by Crippen LogP contribution is 2.22. The Balaban J connectivity index is 1.47. The predicted molar refractivity (Wildman–Crippen MR) is 128 cm³/mol. The Morgan fingerprint density at radius 2 is 1.82 bits per heavy atom. The first-order valence-electron chi connectivity index (χ1n) is 11.2. The van der Waals surface area contributed by atoms with Crippen molar-refractivity contribution >= 4 is 5.91 Å². The van der Waals surface area contributed by atoms with Crippen LogP contribution >= 0.6 is 0 Å². The summed E-state index contributed by atoms with van der Waals surface area (Å²) in [6, 6.07) is 11.8. The number of pyridine rings is 2. The van der Waals surface area contributed by atoms with Crippen molar-refractivity contribution < 1.29 is 9.53 Å². The fourth-order valence-electron chi connectivity index (χ4n) is 4.09. The Labute approximate surface area is 193 Å². The second-order valence-electron chi connectivity index (χ2n) is 8.58. The van der Waals surface area contributed by atoms with E-state index < -0.39 is 0 Å². The van der Waals surface area contributed by atoms with Gasteiger partial charge in [0.15, 0.2) is 0 Å². The van der Waals surface area contributed by atoms with Crippen molar-refractivity contribution in [2.75, 3.05) is 26.3 Å². The SMILES string of the molecule is Cc1cc(C)c(CNC(=O)c2cc(-c3ccc(CN4CCOCC4)nc3)ccc2C)c(=O)[nH]1. The number of aromatic nitrogens is 2. The normalized spacial score (nSPS) is 14.3. The molecular weight excluding hydrogens is 416 g/mol. The van der Waals surface area contributed by atoms with Crippen molar-refractivity contribution in [1.29, 1.82) is 0 Å². The van der Waals surface area contributed by atoms with Gasteiger partial charge in [0.2, 0.25) is 0 Å². The number of rotatable bonds is 6. The number of H-pyrrole nitrogens is 1. The Morgan fingerprint density at radius 1 is 1.06 bits per heavy atom. The summed E-state index contributed by atoms with van der Waals surface area (Å²) >= 11 is 0. The maximum absolute atomic E-state index is 12.9. The van der Waals surface area contributed by atoms with Gasteiger partial charge < -0.3 is 15.0 Å². The van der Waals surface area contributed by atoms with E-state index in [9.17, 15) is 9.59 Å². The molecule has 1 aliphatic heterocycles. The first kappa shape index (κ1) is 22.9. The van der Waals surface area contributed by atoms with Gasteiger partial charge in [0.1, 0.15) is 0 Å². The third-order valence-electron chi connectivity index (χ3n) is 6.05. The van der Waals surface area contributed by atoms with Crippen LogP contribution in [0.4, 0.5) is 0 Å². The van der Waals surface area contributed by atoms with Crippen molar-refractivity contribution in [2.24, 2.45) is 0 Å². The molecular formula is C26H30N4O3. The fraction of sp³-hybridized carbons (Fsp3) is 0.346. The zero-order valence-electron chi connectivity index (χ0n) is 19.4. The van der Waals surface area contributed by atoms with Crippen LogP contribution in [0.5, 0.6) is 0 Å². The number of amides is 1. The average Bonchev–Trinajstić information content (AvgIpc) is 2.80. The van der Waals surface area contributed by atoms with Crippen molar-refractivity contribution in [2.45, 2.75) is 33.9 Å². The minimum absolute atomic E-state index is 0.165. The number of nitrogens with zero attached hydrogens (tertiary/aromatic N) is 2. The maximum Gasteiger partial charge on any atom is 0.253 e. The standard InChI is InChI=1S/C26H30N4O3/c1-17-4-5-20(21-6-7-22(27-14-21)16-30-8-10-33-11-9-30)13-23(17)25(31)28-15-24-18(2)12-19(3)29-26(24)32/h4-7,12-14H,8-11,15-16H2,1-3H3,(H,28,31)(H,29,32). The molecule has 1 fully saturated rings. The van der Waals surface area contributed by atoms with E-state index in [1.807, 2.05) is 63.4 Å². The summed E-state index contributed by atoms with van der Waals surface area (Å²) < 4.78 is 5.40. The van der Waals surface area contributed by atoms with Gasteiger partial charge in [-0.05, 0) is 55.7 Å². The van der Waals surface area contributed by atoms with E-state index in [0.717, 1.165) is 66.5 Å². The Kier molecular flexibility index (Phi) is 7.01. The van der Waals surface area contributed by atoms with Crippen LogP contribution in [0, 0.1) is 20.8 Å². The van der Waals surface area contributed by atoms with Crippen molar-refractivity contribution in [3.63, 3.8) is 0 Å². The van der Waals surface area contributed by atoms with Crippen LogP contribution in [-0.4, -0.2) is 47.1 Å². The molecule has 0 spiro atoms. The highest BCUT2D eigenvalue weighted by molar-refractivity contribution is 5.96. The molecule has 0 atom stereocenters. The second-order valence-corrected chi connectivity index (χ2v) is 8.58. The molecule has 2 N–H and O–H groups in total. The van der Waals surface area contributed by atoms with Gasteiger partial charge in [-0.25, -0.2) is 0 Å². The topological polar surface area (TPSA) is 87.3 Å². The molecule has 1 aromatic carbocycles. The predicted octanol–water partition coefficient (Wildman–Crippen LogP) is 3.12. The number of hydrogen-bond acceptors (Lipinski definition) is 5. The van der Waals surface area contributed by atoms with Gasteiger partial charge in [-0.1, -0.05) is 18.2 Å². The van der Waals surface area contributed by atoms with Gasteiger partial charge in [-0.2, -0.15) is 0 Å². The largest absolute Gasteiger partial charge is 0.379 e. The number of aromatic amines is 1. The first-order chi connectivity index (χ1) is 15.9. The molecule has 0 unspecified atom stereocenters. The summed E-state index contributed by atoms with van der Waals surface area (Å²) in [7, 11) is 0. The van der Waals surface area contributed by atoms with Crippen LogP contribution in [0.2, 0.25) is 0 Å². The summed E-state index contributed by atoms with van der Waals surface area (Å²) in [5, 5.41) is 2.90. The van der Waals surface area contributed by atoms with Gasteiger partial charge in [-0.3, -0.25) is 19.5 Å². The average molecular weight is 447 g/mol. The summed E-state index contributed by atoms with van der Waals surface area (Å²) in [6.45, 7) is 10.0. The zero-order valence-corrected chi connectivity index (χ0v) is 19.4. The lowest BCUT2D eigenvalue weighted by atomic mass is 10.00. The molecule has 3 aromatic rings. The molecule has 0 saturated carbocycles. The van der Waals surface area contributed by atoms with Crippen LogP contribution in [0.3, 0.4) is 0 Å². The van der Waals surface area contributed by atoms with E-state index in [4.69, 9.17) is 4.74 Å². The van der Waals surface area contributed by atoms with Crippen LogP contribution < -0.4 is 10.9 Å². The maximum atomic E-state index is 12.9. The third kappa shape index (κ3) is 5.56. The summed E-state index contributed by atoms with van der Waals surface area (Å²) in [5.41, 5.74) is 6.45. The monoisotopic (exact) mass is 446 g/mol. The summed E-state index contributed by atoms with van der Waals surface area (Å²) in [6.07, 6.45) is 1.86. The van der Waals surface area contributed by atoms with Crippen LogP contribution in [0.25, 0.3) is 11.1 Å².